The Morgan fingerprint density at radius 2 is 1.61 bits per heavy atom. The molecule has 3 aliphatic rings. The van der Waals surface area contributed by atoms with Crippen LogP contribution >= 0.6 is 0 Å². The molecule has 0 radical (unpaired) electrons. The van der Waals surface area contributed by atoms with Gasteiger partial charge in [0.2, 0.25) is 0 Å². The minimum atomic E-state index is -1.19. The zero-order valence-corrected chi connectivity index (χ0v) is 23.4. The Hall–Kier alpha value is -2.61. The Kier molecular flexibility index (Phi) is 6.24. The molecule has 38 heavy (non-hydrogen) atoms. The molecule has 3 aromatic rings. The van der Waals surface area contributed by atoms with Crippen molar-refractivity contribution in [3.8, 4) is 11.4 Å². The summed E-state index contributed by atoms with van der Waals surface area (Å²) in [4.78, 5) is 12.0. The summed E-state index contributed by atoms with van der Waals surface area (Å²) in [5, 5.41) is 17.6. The normalized spacial score (nSPS) is 22.2. The lowest BCUT2D eigenvalue weighted by molar-refractivity contribution is -0.127. The second kappa shape index (κ2) is 9.25. The van der Waals surface area contributed by atoms with Crippen LogP contribution in [0, 0.1) is 5.41 Å². The van der Waals surface area contributed by atoms with E-state index in [1.54, 1.807) is 0 Å². The number of aromatic nitrogens is 4. The molecule has 6 rings (SSSR count). The molecule has 1 aromatic carbocycles. The minimum absolute atomic E-state index is 0.0485. The lowest BCUT2D eigenvalue weighted by atomic mass is 9.62. The molecular formula is C31H41N5O2. The molecular weight excluding hydrogens is 474 g/mol. The van der Waals surface area contributed by atoms with Gasteiger partial charge in [-0.3, -0.25) is 4.98 Å². The molecule has 1 saturated carbocycles. The summed E-state index contributed by atoms with van der Waals surface area (Å²) in [6.07, 6.45) is 7.95. The largest absolute Gasteiger partial charge is 0.381 e. The topological polar surface area (TPSA) is 76.3 Å². The fraction of sp³-hybridized carbons (Fsp3) is 0.581. The van der Waals surface area contributed by atoms with Gasteiger partial charge in [-0.1, -0.05) is 52.0 Å². The van der Waals surface area contributed by atoms with Crippen LogP contribution in [0.25, 0.3) is 11.4 Å². The maximum Gasteiger partial charge on any atom is 0.182 e. The maximum atomic E-state index is 12.7. The van der Waals surface area contributed by atoms with Gasteiger partial charge in [0.05, 0.1) is 6.04 Å². The molecule has 2 saturated heterocycles. The van der Waals surface area contributed by atoms with Gasteiger partial charge in [0.15, 0.2) is 5.82 Å². The molecule has 1 atom stereocenters. The van der Waals surface area contributed by atoms with Crippen LogP contribution in [-0.4, -0.2) is 63.1 Å². The predicted octanol–water partition coefficient (Wildman–Crippen LogP) is 5.05. The lowest BCUT2D eigenvalue weighted by Crippen LogP contribution is -2.63. The van der Waals surface area contributed by atoms with E-state index in [0.717, 1.165) is 74.5 Å². The Labute approximate surface area is 226 Å². The first-order valence-electron chi connectivity index (χ1n) is 14.1. The first kappa shape index (κ1) is 25.7. The van der Waals surface area contributed by atoms with E-state index >= 15 is 0 Å². The van der Waals surface area contributed by atoms with Crippen molar-refractivity contribution in [2.45, 2.75) is 76.4 Å². The summed E-state index contributed by atoms with van der Waals surface area (Å²) in [5.41, 5.74) is 2.32. The Balaban J connectivity index is 1.41. The summed E-state index contributed by atoms with van der Waals surface area (Å²) in [6, 6.07) is 11.0. The van der Waals surface area contributed by atoms with Gasteiger partial charge < -0.3 is 14.7 Å². The third kappa shape index (κ3) is 4.38. The maximum absolute atomic E-state index is 12.7. The molecule has 7 heteroatoms. The molecule has 0 spiro atoms. The molecule has 0 amide bonds. The number of ether oxygens (including phenoxy) is 1. The standard InChI is InChI=1S/C31H41N5O2/c1-29(2,3)23-6-8-24(9-7-23)31(37,30(4)19-35(5)20-30)25-16-22(17-32-18-25)27-33-28(21-12-14-38-15-13-21)36(34-27)26-10-11-26/h6-9,16-18,21,26,37H,10-15,19-20H2,1-5H3. The van der Waals surface area contributed by atoms with Crippen LogP contribution in [0.1, 0.15) is 87.9 Å². The second-order valence-corrected chi connectivity index (χ2v) is 13.1. The number of pyridine rings is 1. The molecule has 3 fully saturated rings. The summed E-state index contributed by atoms with van der Waals surface area (Å²) in [6.45, 7) is 12.0. The summed E-state index contributed by atoms with van der Waals surface area (Å²) < 4.78 is 7.77. The number of benzene rings is 1. The molecule has 7 nitrogen and oxygen atoms in total. The predicted molar refractivity (Wildman–Crippen MR) is 148 cm³/mol. The number of likely N-dealkylation sites (tertiary alicyclic amines) is 1. The Morgan fingerprint density at radius 3 is 2.21 bits per heavy atom. The fourth-order valence-electron chi connectivity index (χ4n) is 6.49. The van der Waals surface area contributed by atoms with E-state index in [2.05, 4.69) is 79.6 Å². The molecule has 2 aromatic heterocycles. The Morgan fingerprint density at radius 1 is 0.947 bits per heavy atom. The van der Waals surface area contributed by atoms with Crippen LogP contribution < -0.4 is 0 Å². The van der Waals surface area contributed by atoms with Crippen LogP contribution in [0.15, 0.2) is 42.7 Å². The van der Waals surface area contributed by atoms with Crippen LogP contribution in [-0.2, 0) is 15.8 Å². The molecule has 202 valence electrons. The van der Waals surface area contributed by atoms with E-state index in [1.165, 1.54) is 5.56 Å². The summed E-state index contributed by atoms with van der Waals surface area (Å²) in [7, 11) is 2.10. The molecule has 1 aliphatic carbocycles. The van der Waals surface area contributed by atoms with Crippen molar-refractivity contribution in [3.05, 3.63) is 65.2 Å². The van der Waals surface area contributed by atoms with E-state index in [0.29, 0.717) is 17.8 Å². The van der Waals surface area contributed by atoms with E-state index in [9.17, 15) is 5.11 Å². The minimum Gasteiger partial charge on any atom is -0.381 e. The van der Waals surface area contributed by atoms with Crippen molar-refractivity contribution in [1.82, 2.24) is 24.6 Å². The highest BCUT2D eigenvalue weighted by Crippen LogP contribution is 2.50. The fourth-order valence-corrected chi connectivity index (χ4v) is 6.49. The SMILES string of the molecule is CN1CC(C)(C(O)(c2ccc(C(C)(C)C)cc2)c2cncc(-c3nc(C4CCOCC4)n(C4CC4)n3)c2)C1. The van der Waals surface area contributed by atoms with E-state index in [1.807, 2.05) is 12.4 Å². The van der Waals surface area contributed by atoms with Crippen molar-refractivity contribution in [3.63, 3.8) is 0 Å². The van der Waals surface area contributed by atoms with Crippen LogP contribution in [0.3, 0.4) is 0 Å². The number of aliphatic hydroxyl groups is 1. The number of hydrogen-bond donors (Lipinski definition) is 1. The van der Waals surface area contributed by atoms with Crippen molar-refractivity contribution >= 4 is 0 Å². The highest BCUT2D eigenvalue weighted by Gasteiger charge is 2.55. The molecule has 1 N–H and O–H groups in total. The van der Waals surface area contributed by atoms with Gasteiger partial charge in [0.1, 0.15) is 11.4 Å². The van der Waals surface area contributed by atoms with Gasteiger partial charge in [-0.05, 0) is 55.3 Å². The van der Waals surface area contributed by atoms with Gasteiger partial charge in [0.25, 0.3) is 0 Å². The number of hydrogen-bond acceptors (Lipinski definition) is 6. The van der Waals surface area contributed by atoms with E-state index < -0.39 is 5.60 Å². The van der Waals surface area contributed by atoms with E-state index in [4.69, 9.17) is 14.8 Å². The summed E-state index contributed by atoms with van der Waals surface area (Å²) in [5.74, 6) is 2.16. The summed E-state index contributed by atoms with van der Waals surface area (Å²) >= 11 is 0. The average Bonchev–Trinajstić information content (AvgIpc) is 3.65. The van der Waals surface area contributed by atoms with Crippen LogP contribution in [0.5, 0.6) is 0 Å². The molecule has 0 bridgehead atoms. The van der Waals surface area contributed by atoms with E-state index in [-0.39, 0.29) is 10.8 Å². The van der Waals surface area contributed by atoms with Gasteiger partial charge in [-0.15, -0.1) is 0 Å². The smallest absolute Gasteiger partial charge is 0.182 e. The molecule has 1 unspecified atom stereocenters. The Bertz CT molecular complexity index is 1290. The first-order chi connectivity index (χ1) is 18.1. The zero-order chi connectivity index (χ0) is 26.7. The monoisotopic (exact) mass is 515 g/mol. The zero-order valence-electron chi connectivity index (χ0n) is 23.4. The highest BCUT2D eigenvalue weighted by molar-refractivity contribution is 5.56. The van der Waals surface area contributed by atoms with Gasteiger partial charge in [-0.2, -0.15) is 5.10 Å². The molecule has 4 heterocycles. The van der Waals surface area contributed by atoms with Gasteiger partial charge >= 0.3 is 0 Å². The van der Waals surface area contributed by atoms with Crippen LogP contribution in [0.4, 0.5) is 0 Å². The van der Waals surface area contributed by atoms with Crippen molar-refractivity contribution in [2.24, 2.45) is 5.41 Å². The molecule has 2 aliphatic heterocycles. The quantitative estimate of drug-likeness (QED) is 0.495. The second-order valence-electron chi connectivity index (χ2n) is 13.1. The van der Waals surface area contributed by atoms with Crippen molar-refractivity contribution in [2.75, 3.05) is 33.4 Å². The van der Waals surface area contributed by atoms with Gasteiger partial charge in [-0.25, -0.2) is 9.67 Å². The van der Waals surface area contributed by atoms with Gasteiger partial charge in [0, 0.05) is 61.2 Å². The first-order valence-corrected chi connectivity index (χ1v) is 14.1. The number of rotatable bonds is 6. The van der Waals surface area contributed by atoms with Crippen molar-refractivity contribution in [1.29, 1.82) is 0 Å². The average molecular weight is 516 g/mol. The third-order valence-electron chi connectivity index (χ3n) is 8.83. The third-order valence-corrected chi connectivity index (χ3v) is 8.83. The highest BCUT2D eigenvalue weighted by atomic mass is 16.5. The van der Waals surface area contributed by atoms with Crippen molar-refractivity contribution < 1.29 is 9.84 Å². The number of nitrogens with zero attached hydrogens (tertiary/aromatic N) is 5. The lowest BCUT2D eigenvalue weighted by Gasteiger charge is -2.56. The van der Waals surface area contributed by atoms with Crippen LogP contribution in [0.2, 0.25) is 0 Å².